The van der Waals surface area contributed by atoms with E-state index in [4.69, 9.17) is 25.8 Å². The second kappa shape index (κ2) is 9.77. The first-order chi connectivity index (χ1) is 14.4. The number of ether oxygens (including phenoxy) is 3. The minimum absolute atomic E-state index is 0.0730. The molecule has 3 aromatic rings. The predicted octanol–water partition coefficient (Wildman–Crippen LogP) is 3.61. The molecule has 0 fully saturated rings. The molecule has 0 saturated carbocycles. The van der Waals surface area contributed by atoms with E-state index < -0.39 is 5.97 Å². The van der Waals surface area contributed by atoms with Crippen LogP contribution in [0.2, 0.25) is 5.02 Å². The summed E-state index contributed by atoms with van der Waals surface area (Å²) in [5.41, 5.74) is 1.50. The second-order valence-corrected chi connectivity index (χ2v) is 7.71. The fraction of sp³-hybridized carbons (Fsp3) is 0.286. The SMILES string of the molecule is CCOC(=O)Cn1c(=NC(=O)Cc2ccc(Cl)cc2)sc2cc(OC)c(OC)cc21. The Morgan fingerprint density at radius 3 is 2.40 bits per heavy atom. The minimum Gasteiger partial charge on any atom is -0.493 e. The molecule has 0 unspecified atom stereocenters. The highest BCUT2D eigenvalue weighted by atomic mass is 35.5. The maximum Gasteiger partial charge on any atom is 0.326 e. The molecular weight excluding hydrogens is 428 g/mol. The van der Waals surface area contributed by atoms with Crippen molar-refractivity contribution in [2.24, 2.45) is 4.99 Å². The maximum absolute atomic E-state index is 12.6. The number of aromatic nitrogens is 1. The largest absolute Gasteiger partial charge is 0.493 e. The van der Waals surface area contributed by atoms with Gasteiger partial charge in [0, 0.05) is 17.2 Å². The van der Waals surface area contributed by atoms with Crippen molar-refractivity contribution in [3.05, 3.63) is 51.8 Å². The number of carbonyl (C=O) groups is 2. The number of fused-ring (bicyclic) bond motifs is 1. The van der Waals surface area contributed by atoms with Crippen molar-refractivity contribution in [1.82, 2.24) is 4.57 Å². The van der Waals surface area contributed by atoms with Gasteiger partial charge in [-0.1, -0.05) is 35.1 Å². The molecule has 30 heavy (non-hydrogen) atoms. The van der Waals surface area contributed by atoms with Gasteiger partial charge in [-0.25, -0.2) is 0 Å². The van der Waals surface area contributed by atoms with Gasteiger partial charge in [0.1, 0.15) is 6.54 Å². The van der Waals surface area contributed by atoms with Gasteiger partial charge in [0.05, 0.1) is 37.5 Å². The van der Waals surface area contributed by atoms with E-state index in [1.807, 2.05) is 0 Å². The number of nitrogens with zero attached hydrogens (tertiary/aromatic N) is 2. The Kier molecular flexibility index (Phi) is 7.12. The lowest BCUT2D eigenvalue weighted by molar-refractivity contribution is -0.143. The van der Waals surface area contributed by atoms with Gasteiger partial charge < -0.3 is 18.8 Å². The number of thiazole rings is 1. The average molecular weight is 449 g/mol. The molecule has 0 aliphatic rings. The summed E-state index contributed by atoms with van der Waals surface area (Å²) in [5, 5.41) is 0.600. The number of hydrogen-bond donors (Lipinski definition) is 0. The van der Waals surface area contributed by atoms with E-state index in [2.05, 4.69) is 4.99 Å². The first-order valence-electron chi connectivity index (χ1n) is 9.18. The van der Waals surface area contributed by atoms with Crippen LogP contribution in [0.15, 0.2) is 41.4 Å². The summed E-state index contributed by atoms with van der Waals surface area (Å²) < 4.78 is 18.3. The summed E-state index contributed by atoms with van der Waals surface area (Å²) in [4.78, 5) is 29.4. The van der Waals surface area contributed by atoms with E-state index in [9.17, 15) is 9.59 Å². The molecular formula is C21H21ClN2O5S. The first-order valence-corrected chi connectivity index (χ1v) is 10.4. The summed E-state index contributed by atoms with van der Waals surface area (Å²) in [5.74, 6) is 0.312. The van der Waals surface area contributed by atoms with Crippen LogP contribution in [0.3, 0.4) is 0 Å². The average Bonchev–Trinajstić information content (AvgIpc) is 3.04. The molecule has 0 N–H and O–H groups in total. The van der Waals surface area contributed by atoms with Crippen LogP contribution in [-0.2, 0) is 27.3 Å². The fourth-order valence-corrected chi connectivity index (χ4v) is 4.08. The molecule has 158 valence electrons. The molecule has 1 heterocycles. The smallest absolute Gasteiger partial charge is 0.326 e. The number of halogens is 1. The molecule has 0 radical (unpaired) electrons. The van der Waals surface area contributed by atoms with Crippen LogP contribution in [0.1, 0.15) is 12.5 Å². The maximum atomic E-state index is 12.6. The van der Waals surface area contributed by atoms with Crippen LogP contribution in [0.5, 0.6) is 11.5 Å². The van der Waals surface area contributed by atoms with Crippen LogP contribution in [0, 0.1) is 0 Å². The van der Waals surface area contributed by atoms with Gasteiger partial charge in [-0.2, -0.15) is 4.99 Å². The van der Waals surface area contributed by atoms with Crippen LogP contribution in [-0.4, -0.2) is 37.3 Å². The number of hydrogen-bond acceptors (Lipinski definition) is 6. The highest BCUT2D eigenvalue weighted by Crippen LogP contribution is 2.33. The molecule has 2 aromatic carbocycles. The second-order valence-electron chi connectivity index (χ2n) is 6.26. The summed E-state index contributed by atoms with van der Waals surface area (Å²) in [7, 11) is 3.08. The van der Waals surface area contributed by atoms with Crippen molar-refractivity contribution in [3.8, 4) is 11.5 Å². The van der Waals surface area contributed by atoms with Crippen molar-refractivity contribution in [3.63, 3.8) is 0 Å². The normalized spacial score (nSPS) is 11.5. The van der Waals surface area contributed by atoms with Crippen molar-refractivity contribution in [1.29, 1.82) is 0 Å². The fourth-order valence-electron chi connectivity index (χ4n) is 2.89. The number of esters is 1. The Bertz CT molecular complexity index is 1130. The highest BCUT2D eigenvalue weighted by molar-refractivity contribution is 7.16. The van der Waals surface area contributed by atoms with Gasteiger partial charge in [0.2, 0.25) is 0 Å². The van der Waals surface area contributed by atoms with Crippen LogP contribution >= 0.6 is 22.9 Å². The third-order valence-electron chi connectivity index (χ3n) is 4.27. The van der Waals surface area contributed by atoms with Crippen molar-refractivity contribution >= 4 is 45.0 Å². The lowest BCUT2D eigenvalue weighted by Crippen LogP contribution is -2.23. The monoisotopic (exact) mass is 448 g/mol. The number of amides is 1. The molecule has 9 heteroatoms. The van der Waals surface area contributed by atoms with E-state index in [0.717, 1.165) is 10.3 Å². The van der Waals surface area contributed by atoms with Gasteiger partial charge >= 0.3 is 5.97 Å². The lowest BCUT2D eigenvalue weighted by Gasteiger charge is -2.09. The van der Waals surface area contributed by atoms with Gasteiger partial charge in [-0.3, -0.25) is 9.59 Å². The molecule has 0 bridgehead atoms. The highest BCUT2D eigenvalue weighted by Gasteiger charge is 2.16. The van der Waals surface area contributed by atoms with Crippen molar-refractivity contribution < 1.29 is 23.8 Å². The van der Waals surface area contributed by atoms with E-state index in [0.29, 0.717) is 26.8 Å². The number of rotatable bonds is 7. The van der Waals surface area contributed by atoms with Crippen molar-refractivity contribution in [2.75, 3.05) is 20.8 Å². The summed E-state index contributed by atoms with van der Waals surface area (Å²) in [6.45, 7) is 1.93. The number of carbonyl (C=O) groups excluding carboxylic acids is 2. The number of benzene rings is 2. The lowest BCUT2D eigenvalue weighted by atomic mass is 10.1. The van der Waals surface area contributed by atoms with E-state index >= 15 is 0 Å². The Morgan fingerprint density at radius 1 is 1.10 bits per heavy atom. The third-order valence-corrected chi connectivity index (χ3v) is 5.56. The summed E-state index contributed by atoms with van der Waals surface area (Å²) in [6.07, 6.45) is 0.122. The molecule has 7 nitrogen and oxygen atoms in total. The zero-order valence-electron chi connectivity index (χ0n) is 16.8. The van der Waals surface area contributed by atoms with Crippen LogP contribution in [0.25, 0.3) is 10.2 Å². The van der Waals surface area contributed by atoms with Crippen LogP contribution < -0.4 is 14.3 Å². The Labute approximate surface area is 182 Å². The Morgan fingerprint density at radius 2 is 1.77 bits per heavy atom. The first kappa shape index (κ1) is 21.9. The number of methoxy groups -OCH3 is 2. The predicted molar refractivity (Wildman–Crippen MR) is 115 cm³/mol. The van der Waals surface area contributed by atoms with Gasteiger partial charge in [0.25, 0.3) is 5.91 Å². The van der Waals surface area contributed by atoms with Gasteiger partial charge in [-0.05, 0) is 24.6 Å². The molecule has 1 amide bonds. The Hall–Kier alpha value is -2.84. The summed E-state index contributed by atoms with van der Waals surface area (Å²) in [6, 6.07) is 10.6. The minimum atomic E-state index is -0.418. The molecule has 0 aliphatic heterocycles. The molecule has 0 atom stereocenters. The molecule has 1 aromatic heterocycles. The zero-order valence-corrected chi connectivity index (χ0v) is 18.4. The molecule has 0 spiro atoms. The van der Waals surface area contributed by atoms with Gasteiger partial charge in [-0.15, -0.1) is 0 Å². The standard InChI is InChI=1S/C21H21ClN2O5S/c1-4-29-20(26)12-24-15-10-16(27-2)17(28-3)11-18(15)30-21(24)23-19(25)9-13-5-7-14(22)8-6-13/h5-8,10-11H,4,9,12H2,1-3H3. The molecule has 3 rings (SSSR count). The Balaban J connectivity index is 2.06. The van der Waals surface area contributed by atoms with Crippen LogP contribution in [0.4, 0.5) is 0 Å². The third kappa shape index (κ3) is 5.01. The quantitative estimate of drug-likeness (QED) is 0.516. The van der Waals surface area contributed by atoms with E-state index in [1.165, 1.54) is 18.4 Å². The van der Waals surface area contributed by atoms with Crippen molar-refractivity contribution in [2.45, 2.75) is 19.9 Å². The molecule has 0 aliphatic carbocycles. The van der Waals surface area contributed by atoms with E-state index in [1.54, 1.807) is 55.0 Å². The topological polar surface area (TPSA) is 79.1 Å². The summed E-state index contributed by atoms with van der Waals surface area (Å²) >= 11 is 7.18. The molecule has 0 saturated heterocycles. The van der Waals surface area contributed by atoms with E-state index in [-0.39, 0.29) is 25.5 Å². The zero-order chi connectivity index (χ0) is 21.7. The van der Waals surface area contributed by atoms with Gasteiger partial charge in [0.15, 0.2) is 16.3 Å².